The Balaban J connectivity index is 1.39. The molecule has 1 nitrogen and oxygen atoms in total. The Morgan fingerprint density at radius 2 is 0.913 bits per heavy atom. The number of nitrogens with zero attached hydrogens (tertiary/aromatic N) is 1. The van der Waals surface area contributed by atoms with E-state index in [1.165, 1.54) is 55.6 Å². The van der Waals surface area contributed by atoms with Crippen molar-refractivity contribution in [2.45, 2.75) is 19.3 Å². The minimum Gasteiger partial charge on any atom is -0.309 e. The number of hydrogen-bond acceptors (Lipinski definition) is 1. The molecule has 0 fully saturated rings. The number of fused-ring (bicyclic) bond motifs is 3. The Labute approximate surface area is 272 Å². The number of anilines is 3. The van der Waals surface area contributed by atoms with Crippen LogP contribution in [0.1, 0.15) is 25.0 Å². The van der Waals surface area contributed by atoms with Gasteiger partial charge in [0, 0.05) is 22.2 Å². The zero-order valence-corrected chi connectivity index (χ0v) is 26.2. The standard InChI is InChI=1S/C45H35N/c1-45(2)40-26-14-12-24-38(40)44-37(25-16-27-41(44)45)36-23-13-15-28-42(36)46(35-21-10-5-11-22-35)43-30-29-34(32-17-6-3-7-18-32)31-39(43)33-19-8-4-9-20-33/h3-31H,1-2H3. The molecule has 1 heteroatoms. The van der Waals surface area contributed by atoms with E-state index < -0.39 is 0 Å². The number of hydrogen-bond donors (Lipinski definition) is 0. The van der Waals surface area contributed by atoms with E-state index in [1.54, 1.807) is 0 Å². The zero-order valence-electron chi connectivity index (χ0n) is 26.2. The Bertz CT molecular complexity index is 2160. The highest BCUT2D eigenvalue weighted by Gasteiger charge is 2.37. The quantitative estimate of drug-likeness (QED) is 0.186. The molecular weight excluding hydrogens is 555 g/mol. The minimum absolute atomic E-state index is 0.0657. The molecule has 0 amide bonds. The third kappa shape index (κ3) is 4.64. The van der Waals surface area contributed by atoms with Gasteiger partial charge in [0.25, 0.3) is 0 Å². The van der Waals surface area contributed by atoms with Crippen LogP contribution in [0.2, 0.25) is 0 Å². The lowest BCUT2D eigenvalue weighted by molar-refractivity contribution is 0.660. The molecule has 0 saturated heterocycles. The van der Waals surface area contributed by atoms with Gasteiger partial charge in [-0.05, 0) is 74.8 Å². The number of benzene rings is 7. The van der Waals surface area contributed by atoms with Crippen molar-refractivity contribution in [3.63, 3.8) is 0 Å². The van der Waals surface area contributed by atoms with Crippen LogP contribution in [0.25, 0.3) is 44.5 Å². The van der Waals surface area contributed by atoms with Gasteiger partial charge in [-0.2, -0.15) is 0 Å². The Kier molecular flexibility index (Phi) is 6.88. The van der Waals surface area contributed by atoms with Crippen molar-refractivity contribution in [2.75, 3.05) is 4.90 Å². The van der Waals surface area contributed by atoms with Gasteiger partial charge in [0.15, 0.2) is 0 Å². The smallest absolute Gasteiger partial charge is 0.0540 e. The highest BCUT2D eigenvalue weighted by atomic mass is 15.1. The fraction of sp³-hybridized carbons (Fsp3) is 0.0667. The van der Waals surface area contributed by atoms with Crippen molar-refractivity contribution >= 4 is 17.1 Å². The van der Waals surface area contributed by atoms with Crippen molar-refractivity contribution in [1.29, 1.82) is 0 Å². The molecule has 0 spiro atoms. The van der Waals surface area contributed by atoms with E-state index in [0.717, 1.165) is 17.1 Å². The van der Waals surface area contributed by atoms with Gasteiger partial charge >= 0.3 is 0 Å². The monoisotopic (exact) mass is 589 g/mol. The van der Waals surface area contributed by atoms with E-state index >= 15 is 0 Å². The Hall–Kier alpha value is -5.66. The second kappa shape index (κ2) is 11.4. The maximum absolute atomic E-state index is 2.44. The third-order valence-corrected chi connectivity index (χ3v) is 9.49. The molecule has 1 aliphatic rings. The zero-order chi connectivity index (χ0) is 31.1. The van der Waals surface area contributed by atoms with E-state index in [4.69, 9.17) is 0 Å². The van der Waals surface area contributed by atoms with Crippen LogP contribution < -0.4 is 4.90 Å². The van der Waals surface area contributed by atoms with Crippen LogP contribution in [0.5, 0.6) is 0 Å². The summed E-state index contributed by atoms with van der Waals surface area (Å²) in [6.45, 7) is 4.70. The van der Waals surface area contributed by atoms with E-state index in [9.17, 15) is 0 Å². The normalized spacial score (nSPS) is 12.7. The molecule has 0 unspecified atom stereocenters. The largest absolute Gasteiger partial charge is 0.309 e. The molecule has 220 valence electrons. The lowest BCUT2D eigenvalue weighted by atomic mass is 9.82. The van der Waals surface area contributed by atoms with Crippen LogP contribution in [0.4, 0.5) is 17.1 Å². The van der Waals surface area contributed by atoms with Crippen molar-refractivity contribution in [1.82, 2.24) is 0 Å². The summed E-state index contributed by atoms with van der Waals surface area (Å²) in [6.07, 6.45) is 0. The predicted molar refractivity (Wildman–Crippen MR) is 195 cm³/mol. The topological polar surface area (TPSA) is 3.24 Å². The third-order valence-electron chi connectivity index (χ3n) is 9.49. The van der Waals surface area contributed by atoms with Gasteiger partial charge in [-0.3, -0.25) is 0 Å². The van der Waals surface area contributed by atoms with Crippen molar-refractivity contribution in [3.8, 4) is 44.5 Å². The summed E-state index contributed by atoms with van der Waals surface area (Å²) in [4.78, 5) is 2.44. The van der Waals surface area contributed by atoms with Crippen molar-refractivity contribution in [3.05, 3.63) is 187 Å². The highest BCUT2D eigenvalue weighted by Crippen LogP contribution is 2.54. The van der Waals surface area contributed by atoms with Gasteiger partial charge in [-0.15, -0.1) is 0 Å². The molecule has 0 heterocycles. The van der Waals surface area contributed by atoms with Gasteiger partial charge in [-0.1, -0.05) is 159 Å². The summed E-state index contributed by atoms with van der Waals surface area (Å²) in [7, 11) is 0. The summed E-state index contributed by atoms with van der Waals surface area (Å²) < 4.78 is 0. The second-order valence-corrected chi connectivity index (χ2v) is 12.6. The fourth-order valence-electron chi connectivity index (χ4n) is 7.25. The summed E-state index contributed by atoms with van der Waals surface area (Å²) >= 11 is 0. The van der Waals surface area contributed by atoms with E-state index in [2.05, 4.69) is 195 Å². The maximum atomic E-state index is 2.44. The summed E-state index contributed by atoms with van der Waals surface area (Å²) in [5, 5.41) is 0. The molecule has 7 aromatic carbocycles. The van der Waals surface area contributed by atoms with Gasteiger partial charge in [-0.25, -0.2) is 0 Å². The molecule has 1 aliphatic carbocycles. The van der Waals surface area contributed by atoms with E-state index in [-0.39, 0.29) is 5.41 Å². The SMILES string of the molecule is CC1(C)c2ccccc2-c2c(-c3ccccc3N(c3ccccc3)c3ccc(-c4ccccc4)cc3-c3ccccc3)cccc21. The van der Waals surface area contributed by atoms with Gasteiger partial charge < -0.3 is 4.90 Å². The number of para-hydroxylation sites is 2. The van der Waals surface area contributed by atoms with Gasteiger partial charge in [0.05, 0.1) is 11.4 Å². The average Bonchev–Trinajstić information content (AvgIpc) is 3.36. The minimum atomic E-state index is -0.0657. The molecule has 7 aromatic rings. The first kappa shape index (κ1) is 27.9. The lowest BCUT2D eigenvalue weighted by Crippen LogP contribution is -2.15. The van der Waals surface area contributed by atoms with Crippen molar-refractivity contribution in [2.24, 2.45) is 0 Å². The summed E-state index contributed by atoms with van der Waals surface area (Å²) in [6, 6.07) is 63.8. The van der Waals surface area contributed by atoms with E-state index in [1.807, 2.05) is 0 Å². The molecule has 0 N–H and O–H groups in total. The van der Waals surface area contributed by atoms with Crippen LogP contribution in [0.15, 0.2) is 176 Å². The van der Waals surface area contributed by atoms with Gasteiger partial charge in [0.2, 0.25) is 0 Å². The highest BCUT2D eigenvalue weighted by molar-refractivity contribution is 6.00. The molecular formula is C45H35N. The fourth-order valence-corrected chi connectivity index (χ4v) is 7.25. The molecule has 0 aliphatic heterocycles. The molecule has 0 bridgehead atoms. The maximum Gasteiger partial charge on any atom is 0.0540 e. The van der Waals surface area contributed by atoms with Crippen LogP contribution in [0.3, 0.4) is 0 Å². The molecule has 8 rings (SSSR count). The first-order chi connectivity index (χ1) is 22.6. The molecule has 0 radical (unpaired) electrons. The van der Waals surface area contributed by atoms with Crippen LogP contribution in [0, 0.1) is 0 Å². The molecule has 46 heavy (non-hydrogen) atoms. The van der Waals surface area contributed by atoms with Crippen LogP contribution >= 0.6 is 0 Å². The second-order valence-electron chi connectivity index (χ2n) is 12.6. The van der Waals surface area contributed by atoms with Crippen LogP contribution in [-0.2, 0) is 5.41 Å². The first-order valence-corrected chi connectivity index (χ1v) is 16.0. The molecule has 0 atom stereocenters. The average molecular weight is 590 g/mol. The number of rotatable bonds is 6. The molecule has 0 saturated carbocycles. The Morgan fingerprint density at radius 1 is 0.370 bits per heavy atom. The lowest BCUT2D eigenvalue weighted by Gasteiger charge is -2.30. The van der Waals surface area contributed by atoms with E-state index in [0.29, 0.717) is 0 Å². The summed E-state index contributed by atoms with van der Waals surface area (Å²) in [5.41, 5.74) is 16.0. The van der Waals surface area contributed by atoms with Crippen LogP contribution in [-0.4, -0.2) is 0 Å². The molecule has 0 aromatic heterocycles. The van der Waals surface area contributed by atoms with Crippen molar-refractivity contribution < 1.29 is 0 Å². The van der Waals surface area contributed by atoms with Gasteiger partial charge in [0.1, 0.15) is 0 Å². The predicted octanol–water partition coefficient (Wildman–Crippen LogP) is 12.5. The Morgan fingerprint density at radius 3 is 1.65 bits per heavy atom. The first-order valence-electron chi connectivity index (χ1n) is 16.0. The summed E-state index contributed by atoms with van der Waals surface area (Å²) in [5.74, 6) is 0.